The van der Waals surface area contributed by atoms with E-state index in [1.165, 1.54) is 30.0 Å². The topological polar surface area (TPSA) is 9.23 Å². The molecular formula is C22H29F3O. The minimum atomic E-state index is -4.19. The third-order valence-electron chi connectivity index (χ3n) is 6.22. The van der Waals surface area contributed by atoms with Crippen molar-refractivity contribution in [3.05, 3.63) is 47.5 Å². The molecule has 4 heteroatoms. The van der Waals surface area contributed by atoms with Gasteiger partial charge in [-0.1, -0.05) is 30.3 Å². The smallest absolute Gasteiger partial charge is 0.381 e. The molecule has 1 aromatic carbocycles. The lowest BCUT2D eigenvalue weighted by Crippen LogP contribution is -2.19. The monoisotopic (exact) mass is 366 g/mol. The highest BCUT2D eigenvalue weighted by atomic mass is 19.4. The van der Waals surface area contributed by atoms with Crippen LogP contribution in [0, 0.1) is 5.92 Å². The molecule has 0 aromatic heterocycles. The number of hydrogen-bond acceptors (Lipinski definition) is 1. The van der Waals surface area contributed by atoms with Crippen LogP contribution >= 0.6 is 0 Å². The predicted octanol–water partition coefficient (Wildman–Crippen LogP) is 6.75. The van der Waals surface area contributed by atoms with E-state index in [0.717, 1.165) is 38.5 Å². The lowest BCUT2D eigenvalue weighted by atomic mass is 9.77. The third kappa shape index (κ3) is 5.35. The van der Waals surface area contributed by atoms with Crippen molar-refractivity contribution < 1.29 is 17.9 Å². The van der Waals surface area contributed by atoms with Crippen LogP contribution in [0.5, 0.6) is 0 Å². The first-order valence-electron chi connectivity index (χ1n) is 9.83. The van der Waals surface area contributed by atoms with E-state index in [1.807, 2.05) is 0 Å². The van der Waals surface area contributed by atoms with Crippen molar-refractivity contribution >= 4 is 0 Å². The van der Waals surface area contributed by atoms with Gasteiger partial charge in [-0.15, -0.1) is 0 Å². The first-order chi connectivity index (χ1) is 12.4. The summed E-state index contributed by atoms with van der Waals surface area (Å²) in [6.45, 7) is 0. The summed E-state index contributed by atoms with van der Waals surface area (Å²) in [5.41, 5.74) is 2.77. The Hall–Kier alpha value is -1.29. The molecule has 0 amide bonds. The average molecular weight is 366 g/mol. The largest absolute Gasteiger partial charge is 0.409 e. The molecule has 2 aliphatic rings. The highest BCUT2D eigenvalue weighted by molar-refractivity contribution is 5.28. The third-order valence-corrected chi connectivity index (χ3v) is 6.22. The second kappa shape index (κ2) is 8.60. The van der Waals surface area contributed by atoms with Gasteiger partial charge in [0, 0.05) is 13.2 Å². The molecule has 0 heterocycles. The van der Waals surface area contributed by atoms with Gasteiger partial charge in [0.1, 0.15) is 0 Å². The van der Waals surface area contributed by atoms with Gasteiger partial charge < -0.3 is 4.74 Å². The van der Waals surface area contributed by atoms with Crippen LogP contribution in [0.3, 0.4) is 0 Å². The number of ether oxygens (including phenoxy) is 1. The fourth-order valence-corrected chi connectivity index (χ4v) is 4.56. The molecule has 0 N–H and O–H groups in total. The summed E-state index contributed by atoms with van der Waals surface area (Å²) in [5, 5.41) is 0. The Balaban J connectivity index is 1.51. The quantitative estimate of drug-likeness (QED) is 0.535. The summed E-state index contributed by atoms with van der Waals surface area (Å²) in [7, 11) is 1.80. The van der Waals surface area contributed by atoms with Crippen LogP contribution in [0.2, 0.25) is 0 Å². The summed E-state index contributed by atoms with van der Waals surface area (Å²) < 4.78 is 42.3. The maximum Gasteiger partial charge on any atom is 0.409 e. The highest BCUT2D eigenvalue weighted by Gasteiger charge is 2.26. The lowest BCUT2D eigenvalue weighted by molar-refractivity contribution is -0.0803. The van der Waals surface area contributed by atoms with Gasteiger partial charge in [0.05, 0.1) is 6.10 Å². The molecule has 0 atom stereocenters. The number of methoxy groups -OCH3 is 1. The summed E-state index contributed by atoms with van der Waals surface area (Å²) in [4.78, 5) is 0. The first kappa shape index (κ1) is 19.5. The van der Waals surface area contributed by atoms with Crippen LogP contribution in [-0.2, 0) is 4.74 Å². The minimum Gasteiger partial charge on any atom is -0.381 e. The SMILES string of the molecule is COC1CCC(c2ccc(C3CCC(/C=C/C(F)(F)F)CC3)cc2)CC1. The van der Waals surface area contributed by atoms with Crippen molar-refractivity contribution in [3.8, 4) is 0 Å². The van der Waals surface area contributed by atoms with Crippen molar-refractivity contribution in [3.63, 3.8) is 0 Å². The van der Waals surface area contributed by atoms with Crippen molar-refractivity contribution in [2.75, 3.05) is 7.11 Å². The molecule has 2 saturated carbocycles. The lowest BCUT2D eigenvalue weighted by Gasteiger charge is -2.29. The molecule has 0 aliphatic heterocycles. The van der Waals surface area contributed by atoms with Crippen LogP contribution in [0.1, 0.15) is 74.3 Å². The molecule has 2 aliphatic carbocycles. The molecule has 26 heavy (non-hydrogen) atoms. The summed E-state index contributed by atoms with van der Waals surface area (Å²) in [5.74, 6) is 1.20. The van der Waals surface area contributed by atoms with E-state index in [0.29, 0.717) is 24.0 Å². The first-order valence-corrected chi connectivity index (χ1v) is 9.83. The van der Waals surface area contributed by atoms with Gasteiger partial charge in [0.25, 0.3) is 0 Å². The van der Waals surface area contributed by atoms with Crippen LogP contribution in [0.15, 0.2) is 36.4 Å². The van der Waals surface area contributed by atoms with E-state index in [-0.39, 0.29) is 5.92 Å². The number of alkyl halides is 3. The Bertz CT molecular complexity index is 574. The molecule has 0 bridgehead atoms. The molecule has 0 radical (unpaired) electrons. The number of hydrogen-bond donors (Lipinski definition) is 0. The zero-order valence-electron chi connectivity index (χ0n) is 15.5. The molecule has 0 spiro atoms. The highest BCUT2D eigenvalue weighted by Crippen LogP contribution is 2.38. The molecule has 2 fully saturated rings. The van der Waals surface area contributed by atoms with Crippen LogP contribution in [0.4, 0.5) is 13.2 Å². The number of allylic oxidation sites excluding steroid dienone is 2. The van der Waals surface area contributed by atoms with Crippen molar-refractivity contribution in [2.24, 2.45) is 5.92 Å². The maximum absolute atomic E-state index is 12.3. The van der Waals surface area contributed by atoms with Crippen LogP contribution in [-0.4, -0.2) is 19.4 Å². The van der Waals surface area contributed by atoms with Crippen LogP contribution < -0.4 is 0 Å². The Morgan fingerprint density at radius 2 is 1.27 bits per heavy atom. The Labute approximate surface area is 154 Å². The van der Waals surface area contributed by atoms with Crippen molar-refractivity contribution in [1.29, 1.82) is 0 Å². The van der Waals surface area contributed by atoms with Crippen molar-refractivity contribution in [1.82, 2.24) is 0 Å². The summed E-state index contributed by atoms with van der Waals surface area (Å²) >= 11 is 0. The van der Waals surface area contributed by atoms with Gasteiger partial charge in [-0.25, -0.2) is 0 Å². The second-order valence-electron chi connectivity index (χ2n) is 7.89. The minimum absolute atomic E-state index is 0.0723. The number of benzene rings is 1. The van der Waals surface area contributed by atoms with E-state index >= 15 is 0 Å². The van der Waals surface area contributed by atoms with E-state index in [2.05, 4.69) is 24.3 Å². The normalized spacial score (nSPS) is 30.6. The molecule has 1 aromatic rings. The molecule has 0 unspecified atom stereocenters. The molecule has 1 nitrogen and oxygen atoms in total. The van der Waals surface area contributed by atoms with Gasteiger partial charge in [0.15, 0.2) is 0 Å². The van der Waals surface area contributed by atoms with Gasteiger partial charge in [-0.2, -0.15) is 13.2 Å². The predicted molar refractivity (Wildman–Crippen MR) is 98.3 cm³/mol. The van der Waals surface area contributed by atoms with Gasteiger partial charge in [-0.05, 0) is 80.2 Å². The van der Waals surface area contributed by atoms with E-state index in [1.54, 1.807) is 7.11 Å². The molecule has 0 saturated heterocycles. The number of halogens is 3. The van der Waals surface area contributed by atoms with Gasteiger partial charge in [0.2, 0.25) is 0 Å². The fourth-order valence-electron chi connectivity index (χ4n) is 4.56. The summed E-state index contributed by atoms with van der Waals surface area (Å²) in [6.07, 6.45) is 6.30. The fraction of sp³-hybridized carbons (Fsp3) is 0.636. The Morgan fingerprint density at radius 1 is 0.808 bits per heavy atom. The standard InChI is InChI=1S/C22H29F3O/c1-26-21-12-10-20(11-13-21)19-8-6-18(7-9-19)17-4-2-16(3-5-17)14-15-22(23,24)25/h6-9,14-17,20-21H,2-5,10-13H2,1H3/b15-14+. The van der Waals surface area contributed by atoms with Gasteiger partial charge in [-0.3, -0.25) is 0 Å². The average Bonchev–Trinajstić information content (AvgIpc) is 2.66. The molecule has 144 valence electrons. The Morgan fingerprint density at radius 3 is 1.69 bits per heavy atom. The maximum atomic E-state index is 12.3. The molecular weight excluding hydrogens is 337 g/mol. The van der Waals surface area contributed by atoms with E-state index in [4.69, 9.17) is 4.74 Å². The summed E-state index contributed by atoms with van der Waals surface area (Å²) in [6, 6.07) is 9.02. The second-order valence-corrected chi connectivity index (χ2v) is 7.89. The zero-order valence-corrected chi connectivity index (χ0v) is 15.5. The van der Waals surface area contributed by atoms with Crippen molar-refractivity contribution in [2.45, 2.75) is 75.5 Å². The Kier molecular flexibility index (Phi) is 6.44. The zero-order chi connectivity index (χ0) is 18.6. The van der Waals surface area contributed by atoms with E-state index in [9.17, 15) is 13.2 Å². The number of rotatable bonds is 4. The van der Waals surface area contributed by atoms with E-state index < -0.39 is 6.18 Å². The molecule has 3 rings (SSSR count). The van der Waals surface area contributed by atoms with Crippen LogP contribution in [0.25, 0.3) is 0 Å². The van der Waals surface area contributed by atoms with Gasteiger partial charge >= 0.3 is 6.18 Å².